The average Bonchev–Trinajstić information content (AvgIpc) is 2.47. The van der Waals surface area contributed by atoms with Gasteiger partial charge in [0.2, 0.25) is 0 Å². The molecule has 0 bridgehead atoms. The molecule has 0 radical (unpaired) electrons. The molecule has 0 spiro atoms. The number of carbonyl (C=O) groups is 2. The lowest BCUT2D eigenvalue weighted by molar-refractivity contribution is 0.0692. The van der Waals surface area contributed by atoms with E-state index in [4.69, 9.17) is 5.11 Å². The molecule has 1 fully saturated rings. The molecule has 1 aliphatic rings. The van der Waals surface area contributed by atoms with Gasteiger partial charge in [-0.15, -0.1) is 0 Å². The Kier molecular flexibility index (Phi) is 5.44. The lowest BCUT2D eigenvalue weighted by Gasteiger charge is -2.28. The van der Waals surface area contributed by atoms with Gasteiger partial charge in [-0.3, -0.25) is 0 Å². The number of aromatic nitrogens is 1. The molecule has 2 amide bonds. The first kappa shape index (κ1) is 15.6. The number of carboxylic acid groups (broad SMARTS) is 1. The SMILES string of the molecule is CSC1CCCC(NC(=O)Nc2cccnc2C(=O)O)C1. The number of hydrogen-bond acceptors (Lipinski definition) is 4. The summed E-state index contributed by atoms with van der Waals surface area (Å²) in [5, 5.41) is 15.1. The van der Waals surface area contributed by atoms with Gasteiger partial charge in [0.15, 0.2) is 5.69 Å². The summed E-state index contributed by atoms with van der Waals surface area (Å²) in [6.07, 6.45) is 7.67. The number of nitrogens with one attached hydrogen (secondary N) is 2. The number of aromatic carboxylic acids is 1. The predicted molar refractivity (Wildman–Crippen MR) is 82.9 cm³/mol. The zero-order valence-corrected chi connectivity index (χ0v) is 12.7. The maximum Gasteiger partial charge on any atom is 0.356 e. The number of carboxylic acids is 1. The fraction of sp³-hybridized carbons (Fsp3) is 0.500. The van der Waals surface area contributed by atoms with Gasteiger partial charge in [0.05, 0.1) is 5.69 Å². The molecule has 1 aromatic heterocycles. The van der Waals surface area contributed by atoms with E-state index in [1.807, 2.05) is 11.8 Å². The maximum atomic E-state index is 12.0. The van der Waals surface area contributed by atoms with Crippen LogP contribution in [-0.4, -0.2) is 39.6 Å². The number of amides is 2. The minimum atomic E-state index is -1.16. The third-order valence-electron chi connectivity index (χ3n) is 3.55. The van der Waals surface area contributed by atoms with Crippen LogP contribution in [0.1, 0.15) is 36.2 Å². The van der Waals surface area contributed by atoms with Crippen molar-refractivity contribution in [2.24, 2.45) is 0 Å². The Bertz CT molecular complexity index is 524. The Morgan fingerprint density at radius 3 is 2.95 bits per heavy atom. The van der Waals surface area contributed by atoms with E-state index in [2.05, 4.69) is 21.9 Å². The van der Waals surface area contributed by atoms with Crippen molar-refractivity contribution in [3.05, 3.63) is 24.0 Å². The molecule has 2 unspecified atom stereocenters. The average molecular weight is 309 g/mol. The number of rotatable bonds is 4. The zero-order valence-electron chi connectivity index (χ0n) is 11.8. The van der Waals surface area contributed by atoms with Crippen molar-refractivity contribution in [1.29, 1.82) is 0 Å². The molecule has 2 rings (SSSR count). The summed E-state index contributed by atoms with van der Waals surface area (Å²) in [5.74, 6) is -1.16. The fourth-order valence-electron chi connectivity index (χ4n) is 2.51. The smallest absolute Gasteiger partial charge is 0.356 e. The first-order valence-corrected chi connectivity index (χ1v) is 8.17. The molecule has 0 aliphatic heterocycles. The second-order valence-electron chi connectivity index (χ2n) is 5.02. The van der Waals surface area contributed by atoms with E-state index in [0.717, 1.165) is 19.3 Å². The monoisotopic (exact) mass is 309 g/mol. The van der Waals surface area contributed by atoms with Gasteiger partial charge in [-0.05, 0) is 37.7 Å². The summed E-state index contributed by atoms with van der Waals surface area (Å²) in [6, 6.07) is 2.88. The Morgan fingerprint density at radius 2 is 2.24 bits per heavy atom. The first-order valence-electron chi connectivity index (χ1n) is 6.88. The Hall–Kier alpha value is -1.76. The van der Waals surface area contributed by atoms with E-state index >= 15 is 0 Å². The molecule has 0 aromatic carbocycles. The van der Waals surface area contributed by atoms with Crippen LogP contribution in [0.15, 0.2) is 18.3 Å². The Balaban J connectivity index is 1.94. The molecule has 0 saturated heterocycles. The highest BCUT2D eigenvalue weighted by atomic mass is 32.2. The van der Waals surface area contributed by atoms with Crippen LogP contribution in [0.3, 0.4) is 0 Å². The lowest BCUT2D eigenvalue weighted by Crippen LogP contribution is -2.41. The van der Waals surface area contributed by atoms with Crippen LogP contribution in [-0.2, 0) is 0 Å². The van der Waals surface area contributed by atoms with Crippen molar-refractivity contribution in [1.82, 2.24) is 10.3 Å². The van der Waals surface area contributed by atoms with Crippen LogP contribution >= 0.6 is 11.8 Å². The highest BCUT2D eigenvalue weighted by Gasteiger charge is 2.23. The van der Waals surface area contributed by atoms with E-state index in [0.29, 0.717) is 5.25 Å². The Labute approximate surface area is 127 Å². The number of hydrogen-bond donors (Lipinski definition) is 3. The number of nitrogens with zero attached hydrogens (tertiary/aromatic N) is 1. The third kappa shape index (κ3) is 4.35. The van der Waals surface area contributed by atoms with Crippen molar-refractivity contribution in [2.75, 3.05) is 11.6 Å². The van der Waals surface area contributed by atoms with Gasteiger partial charge in [0.1, 0.15) is 0 Å². The summed E-state index contributed by atoms with van der Waals surface area (Å²) >= 11 is 1.83. The van der Waals surface area contributed by atoms with E-state index < -0.39 is 5.97 Å². The van der Waals surface area contributed by atoms with E-state index in [1.54, 1.807) is 6.07 Å². The van der Waals surface area contributed by atoms with E-state index in [-0.39, 0.29) is 23.5 Å². The molecule has 3 N–H and O–H groups in total. The normalized spacial score (nSPS) is 21.6. The molecule has 1 saturated carbocycles. The van der Waals surface area contributed by atoms with Crippen molar-refractivity contribution in [3.8, 4) is 0 Å². The fourth-order valence-corrected chi connectivity index (χ4v) is 3.34. The number of pyridine rings is 1. The van der Waals surface area contributed by atoms with Crippen LogP contribution in [0.25, 0.3) is 0 Å². The molecule has 1 aromatic rings. The number of anilines is 1. The van der Waals surface area contributed by atoms with Gasteiger partial charge in [0, 0.05) is 17.5 Å². The number of thioether (sulfide) groups is 1. The lowest BCUT2D eigenvalue weighted by atomic mass is 9.95. The highest BCUT2D eigenvalue weighted by molar-refractivity contribution is 7.99. The molecule has 1 heterocycles. The van der Waals surface area contributed by atoms with Gasteiger partial charge in [-0.2, -0.15) is 11.8 Å². The maximum absolute atomic E-state index is 12.0. The minimum Gasteiger partial charge on any atom is -0.476 e. The summed E-state index contributed by atoms with van der Waals surface area (Å²) in [7, 11) is 0. The summed E-state index contributed by atoms with van der Waals surface area (Å²) in [5.41, 5.74) is 0.0537. The second-order valence-corrected chi connectivity index (χ2v) is 6.16. The molecule has 6 nitrogen and oxygen atoms in total. The topological polar surface area (TPSA) is 91.3 Å². The van der Waals surface area contributed by atoms with Gasteiger partial charge in [-0.1, -0.05) is 6.42 Å². The van der Waals surface area contributed by atoms with Gasteiger partial charge >= 0.3 is 12.0 Å². The van der Waals surface area contributed by atoms with Crippen LogP contribution in [0.2, 0.25) is 0 Å². The van der Waals surface area contributed by atoms with Crippen molar-refractivity contribution in [3.63, 3.8) is 0 Å². The molecule has 114 valence electrons. The van der Waals surface area contributed by atoms with Crippen molar-refractivity contribution >= 4 is 29.4 Å². The quantitative estimate of drug-likeness (QED) is 0.795. The summed E-state index contributed by atoms with van der Waals surface area (Å²) in [6.45, 7) is 0. The Morgan fingerprint density at radius 1 is 1.43 bits per heavy atom. The number of carbonyl (C=O) groups excluding carboxylic acids is 1. The predicted octanol–water partition coefficient (Wildman–Crippen LogP) is 2.58. The van der Waals surface area contributed by atoms with Gasteiger partial charge in [-0.25, -0.2) is 14.6 Å². The largest absolute Gasteiger partial charge is 0.476 e. The summed E-state index contributed by atoms with van der Waals surface area (Å²) < 4.78 is 0. The van der Waals surface area contributed by atoms with Crippen molar-refractivity contribution in [2.45, 2.75) is 37.0 Å². The van der Waals surface area contributed by atoms with Crippen LogP contribution in [0.5, 0.6) is 0 Å². The second kappa shape index (κ2) is 7.31. The van der Waals surface area contributed by atoms with Gasteiger partial charge in [0.25, 0.3) is 0 Å². The first-order chi connectivity index (χ1) is 10.1. The molecule has 2 atom stereocenters. The molecular weight excluding hydrogens is 290 g/mol. The van der Waals surface area contributed by atoms with Crippen LogP contribution in [0, 0.1) is 0 Å². The van der Waals surface area contributed by atoms with Crippen LogP contribution in [0.4, 0.5) is 10.5 Å². The van der Waals surface area contributed by atoms with E-state index in [1.165, 1.54) is 18.7 Å². The standard InChI is InChI=1S/C14H19N3O3S/c1-21-10-5-2-4-9(8-10)16-14(20)17-11-6-3-7-15-12(11)13(18)19/h3,6-7,9-10H,2,4-5,8H2,1H3,(H,18,19)(H2,16,17,20). The highest BCUT2D eigenvalue weighted by Crippen LogP contribution is 2.26. The number of urea groups is 1. The third-order valence-corrected chi connectivity index (χ3v) is 4.65. The van der Waals surface area contributed by atoms with Gasteiger partial charge < -0.3 is 15.7 Å². The van der Waals surface area contributed by atoms with Crippen LogP contribution < -0.4 is 10.6 Å². The summed E-state index contributed by atoms with van der Waals surface area (Å²) in [4.78, 5) is 26.8. The molecule has 1 aliphatic carbocycles. The van der Waals surface area contributed by atoms with E-state index in [9.17, 15) is 9.59 Å². The minimum absolute atomic E-state index is 0.140. The zero-order chi connectivity index (χ0) is 15.2. The molecule has 7 heteroatoms. The molecule has 21 heavy (non-hydrogen) atoms. The molecular formula is C14H19N3O3S. The van der Waals surface area contributed by atoms with Crippen molar-refractivity contribution < 1.29 is 14.7 Å².